The van der Waals surface area contributed by atoms with Gasteiger partial charge in [0.05, 0.1) is 7.11 Å². The van der Waals surface area contributed by atoms with E-state index in [9.17, 15) is 4.79 Å². The van der Waals surface area contributed by atoms with Gasteiger partial charge in [-0.15, -0.1) is 12.4 Å². The van der Waals surface area contributed by atoms with Crippen LogP contribution in [0.1, 0.15) is 28.8 Å². The molecule has 0 atom stereocenters. The SMILES string of the molecule is CNC1CCN(C(=O)c2ccc(C)c(OC)c2)CC1.Cl. The Balaban J connectivity index is 0.00000200. The fourth-order valence-electron chi connectivity index (χ4n) is 2.51. The van der Waals surface area contributed by atoms with Crippen LogP contribution in [0.3, 0.4) is 0 Å². The zero-order valence-corrected chi connectivity index (χ0v) is 13.1. The van der Waals surface area contributed by atoms with Crippen LogP contribution in [0.15, 0.2) is 18.2 Å². The van der Waals surface area contributed by atoms with Crippen molar-refractivity contribution in [2.45, 2.75) is 25.8 Å². The molecule has 0 spiro atoms. The van der Waals surface area contributed by atoms with E-state index < -0.39 is 0 Å². The van der Waals surface area contributed by atoms with Crippen LogP contribution in [0.5, 0.6) is 5.75 Å². The number of carbonyl (C=O) groups excluding carboxylic acids is 1. The van der Waals surface area contributed by atoms with Crippen molar-refractivity contribution in [3.8, 4) is 5.75 Å². The maximum Gasteiger partial charge on any atom is 0.253 e. The quantitative estimate of drug-likeness (QED) is 0.930. The molecule has 1 aliphatic rings. The number of hydrogen-bond donors (Lipinski definition) is 1. The van der Waals surface area contributed by atoms with E-state index in [0.29, 0.717) is 11.6 Å². The van der Waals surface area contributed by atoms with Gasteiger partial charge in [-0.25, -0.2) is 0 Å². The number of hydrogen-bond acceptors (Lipinski definition) is 3. The number of aryl methyl sites for hydroxylation is 1. The summed E-state index contributed by atoms with van der Waals surface area (Å²) in [6, 6.07) is 6.19. The van der Waals surface area contributed by atoms with Crippen LogP contribution in [0.4, 0.5) is 0 Å². The van der Waals surface area contributed by atoms with E-state index in [1.807, 2.05) is 37.1 Å². The first-order valence-electron chi connectivity index (χ1n) is 6.77. The van der Waals surface area contributed by atoms with Crippen molar-refractivity contribution in [1.82, 2.24) is 10.2 Å². The summed E-state index contributed by atoms with van der Waals surface area (Å²) in [6.07, 6.45) is 2.04. The molecule has 1 aromatic rings. The first kappa shape index (κ1) is 16.8. The summed E-state index contributed by atoms with van der Waals surface area (Å²) in [7, 11) is 3.61. The monoisotopic (exact) mass is 298 g/mol. The molecule has 5 heteroatoms. The lowest BCUT2D eigenvalue weighted by Crippen LogP contribution is -2.43. The van der Waals surface area contributed by atoms with E-state index in [4.69, 9.17) is 4.74 Å². The predicted molar refractivity (Wildman–Crippen MR) is 83.0 cm³/mol. The number of benzene rings is 1. The number of ether oxygens (including phenoxy) is 1. The van der Waals surface area contributed by atoms with Crippen LogP contribution in [-0.2, 0) is 0 Å². The fraction of sp³-hybridized carbons (Fsp3) is 0.533. The summed E-state index contributed by atoms with van der Waals surface area (Å²) in [5, 5.41) is 3.27. The smallest absolute Gasteiger partial charge is 0.253 e. The molecule has 0 aliphatic carbocycles. The third-order valence-electron chi connectivity index (χ3n) is 3.85. The van der Waals surface area contributed by atoms with Crippen molar-refractivity contribution < 1.29 is 9.53 Å². The lowest BCUT2D eigenvalue weighted by Gasteiger charge is -2.32. The van der Waals surface area contributed by atoms with E-state index in [2.05, 4.69) is 5.32 Å². The number of rotatable bonds is 3. The van der Waals surface area contributed by atoms with Gasteiger partial charge in [-0.2, -0.15) is 0 Å². The Kier molecular flexibility index (Phi) is 6.30. The van der Waals surface area contributed by atoms with Crippen LogP contribution in [0.2, 0.25) is 0 Å². The number of nitrogens with zero attached hydrogens (tertiary/aromatic N) is 1. The Labute approximate surface area is 126 Å². The van der Waals surface area contributed by atoms with Crippen molar-refractivity contribution in [2.75, 3.05) is 27.2 Å². The molecule has 1 aromatic carbocycles. The maximum absolute atomic E-state index is 12.4. The van der Waals surface area contributed by atoms with E-state index in [1.54, 1.807) is 7.11 Å². The van der Waals surface area contributed by atoms with Crippen LogP contribution >= 0.6 is 12.4 Å². The minimum Gasteiger partial charge on any atom is -0.496 e. The molecule has 0 unspecified atom stereocenters. The summed E-state index contributed by atoms with van der Waals surface area (Å²) in [5.74, 6) is 0.879. The van der Waals surface area contributed by atoms with E-state index in [1.165, 1.54) is 0 Å². The van der Waals surface area contributed by atoms with E-state index >= 15 is 0 Å². The first-order valence-corrected chi connectivity index (χ1v) is 6.77. The molecular formula is C15H23ClN2O2. The summed E-state index contributed by atoms with van der Waals surface area (Å²) >= 11 is 0. The van der Waals surface area contributed by atoms with Crippen molar-refractivity contribution >= 4 is 18.3 Å². The third kappa shape index (κ3) is 3.64. The highest BCUT2D eigenvalue weighted by Gasteiger charge is 2.23. The zero-order valence-electron chi connectivity index (χ0n) is 12.3. The van der Waals surface area contributed by atoms with Gasteiger partial charge in [-0.1, -0.05) is 6.07 Å². The van der Waals surface area contributed by atoms with Crippen LogP contribution in [-0.4, -0.2) is 44.1 Å². The highest BCUT2D eigenvalue weighted by molar-refractivity contribution is 5.94. The Hall–Kier alpha value is -1.26. The van der Waals surface area contributed by atoms with Gasteiger partial charge in [0.1, 0.15) is 5.75 Å². The summed E-state index contributed by atoms with van der Waals surface area (Å²) in [4.78, 5) is 14.4. The van der Waals surface area contributed by atoms with Gasteiger partial charge in [0.2, 0.25) is 0 Å². The predicted octanol–water partition coefficient (Wildman–Crippen LogP) is 2.25. The van der Waals surface area contributed by atoms with Crippen molar-refractivity contribution in [1.29, 1.82) is 0 Å². The maximum atomic E-state index is 12.4. The average molecular weight is 299 g/mol. The zero-order chi connectivity index (χ0) is 13.8. The molecule has 1 aliphatic heterocycles. The van der Waals surface area contributed by atoms with Crippen molar-refractivity contribution in [2.24, 2.45) is 0 Å². The number of nitrogens with one attached hydrogen (secondary N) is 1. The van der Waals surface area contributed by atoms with Crippen LogP contribution in [0, 0.1) is 6.92 Å². The second-order valence-corrected chi connectivity index (χ2v) is 5.04. The van der Waals surface area contributed by atoms with Crippen LogP contribution < -0.4 is 10.1 Å². The molecular weight excluding hydrogens is 276 g/mol. The van der Waals surface area contributed by atoms with E-state index in [0.717, 1.165) is 37.2 Å². The summed E-state index contributed by atoms with van der Waals surface area (Å²) in [5.41, 5.74) is 1.76. The highest BCUT2D eigenvalue weighted by Crippen LogP contribution is 2.21. The number of piperidine rings is 1. The normalized spacial score (nSPS) is 15.7. The standard InChI is InChI=1S/C15H22N2O2.ClH/c1-11-4-5-12(10-14(11)19-3)15(18)17-8-6-13(16-2)7-9-17;/h4-5,10,13,16H,6-9H2,1-3H3;1H. The molecule has 0 saturated carbocycles. The van der Waals surface area contributed by atoms with Crippen molar-refractivity contribution in [3.63, 3.8) is 0 Å². The summed E-state index contributed by atoms with van der Waals surface area (Å²) in [6.45, 7) is 3.62. The Morgan fingerprint density at radius 2 is 2.00 bits per heavy atom. The molecule has 1 N–H and O–H groups in total. The van der Waals surface area contributed by atoms with Gasteiger partial charge in [-0.3, -0.25) is 4.79 Å². The minimum absolute atomic E-state index is 0. The van der Waals surface area contributed by atoms with Gasteiger partial charge in [0.25, 0.3) is 5.91 Å². The number of carbonyl (C=O) groups is 1. The molecule has 20 heavy (non-hydrogen) atoms. The van der Waals surface area contributed by atoms with Gasteiger partial charge in [0.15, 0.2) is 0 Å². The molecule has 0 aromatic heterocycles. The molecule has 1 amide bonds. The Morgan fingerprint density at radius 3 is 2.55 bits per heavy atom. The lowest BCUT2D eigenvalue weighted by molar-refractivity contribution is 0.0707. The summed E-state index contributed by atoms with van der Waals surface area (Å²) < 4.78 is 5.28. The van der Waals surface area contributed by atoms with Gasteiger partial charge < -0.3 is 15.0 Å². The number of methoxy groups -OCH3 is 1. The second kappa shape index (κ2) is 7.50. The lowest BCUT2D eigenvalue weighted by atomic mass is 10.0. The first-order chi connectivity index (χ1) is 9.15. The van der Waals surface area contributed by atoms with Crippen LogP contribution in [0.25, 0.3) is 0 Å². The topological polar surface area (TPSA) is 41.6 Å². The minimum atomic E-state index is 0. The number of halogens is 1. The molecule has 0 bridgehead atoms. The van der Waals surface area contributed by atoms with Gasteiger partial charge in [-0.05, 0) is 44.5 Å². The largest absolute Gasteiger partial charge is 0.496 e. The van der Waals surface area contributed by atoms with Gasteiger partial charge >= 0.3 is 0 Å². The molecule has 2 rings (SSSR count). The fourth-order valence-corrected chi connectivity index (χ4v) is 2.51. The molecule has 0 radical (unpaired) electrons. The molecule has 112 valence electrons. The molecule has 1 heterocycles. The second-order valence-electron chi connectivity index (χ2n) is 5.04. The molecule has 1 fully saturated rings. The number of likely N-dealkylation sites (tertiary alicyclic amines) is 1. The third-order valence-corrected chi connectivity index (χ3v) is 3.85. The van der Waals surface area contributed by atoms with E-state index in [-0.39, 0.29) is 18.3 Å². The Bertz CT molecular complexity index is 457. The van der Waals surface area contributed by atoms with Crippen molar-refractivity contribution in [3.05, 3.63) is 29.3 Å². The molecule has 1 saturated heterocycles. The van der Waals surface area contributed by atoms with Gasteiger partial charge in [0, 0.05) is 24.7 Å². The number of amides is 1. The molecule has 4 nitrogen and oxygen atoms in total. The average Bonchev–Trinajstić information content (AvgIpc) is 2.47. The Morgan fingerprint density at radius 1 is 1.35 bits per heavy atom. The highest BCUT2D eigenvalue weighted by atomic mass is 35.5.